The van der Waals surface area contributed by atoms with Gasteiger partial charge in [-0.05, 0) is 60.5 Å². The van der Waals surface area contributed by atoms with Gasteiger partial charge in [0.25, 0.3) is 11.7 Å². The molecule has 1 saturated heterocycles. The highest BCUT2D eigenvalue weighted by Gasteiger charge is 2.47. The zero-order valence-electron chi connectivity index (χ0n) is 19.8. The summed E-state index contributed by atoms with van der Waals surface area (Å²) in [6, 6.07) is 19.0. The molecule has 2 heterocycles. The number of carbonyl (C=O) groups excluding carboxylic acids is 2. The van der Waals surface area contributed by atoms with Crippen LogP contribution in [0.25, 0.3) is 5.76 Å². The van der Waals surface area contributed by atoms with Gasteiger partial charge in [-0.3, -0.25) is 14.5 Å². The second kappa shape index (κ2) is 8.83. The Morgan fingerprint density at radius 2 is 1.86 bits per heavy atom. The van der Waals surface area contributed by atoms with E-state index in [9.17, 15) is 14.7 Å². The third kappa shape index (κ3) is 3.89. The van der Waals surface area contributed by atoms with Gasteiger partial charge in [0.1, 0.15) is 23.9 Å². The molecule has 1 unspecified atom stereocenters. The molecule has 0 bridgehead atoms. The lowest BCUT2D eigenvalue weighted by Gasteiger charge is -2.28. The Bertz CT molecular complexity index is 1360. The summed E-state index contributed by atoms with van der Waals surface area (Å²) in [5.41, 5.74) is 3.47. The Balaban J connectivity index is 1.71. The number of hydrogen-bond donors (Lipinski definition) is 1. The van der Waals surface area contributed by atoms with Crippen molar-refractivity contribution in [3.63, 3.8) is 0 Å². The van der Waals surface area contributed by atoms with Crippen molar-refractivity contribution in [2.24, 2.45) is 0 Å². The van der Waals surface area contributed by atoms with Crippen molar-refractivity contribution in [3.8, 4) is 11.5 Å². The summed E-state index contributed by atoms with van der Waals surface area (Å²) in [5, 5.41) is 11.5. The van der Waals surface area contributed by atoms with Gasteiger partial charge in [-0.2, -0.15) is 0 Å². The highest BCUT2D eigenvalue weighted by Crippen LogP contribution is 2.44. The van der Waals surface area contributed by atoms with Crippen LogP contribution in [0.3, 0.4) is 0 Å². The van der Waals surface area contributed by atoms with Crippen molar-refractivity contribution in [1.82, 2.24) is 0 Å². The SMILES string of the molecule is COc1cccc(C2/C(=C(/O)c3ccc4c(c3)N(C)CCO4)C(=O)C(=O)N2c2cccc(C)c2)c1. The molecule has 1 atom stereocenters. The molecule has 3 aromatic carbocycles. The van der Waals surface area contributed by atoms with Crippen LogP contribution < -0.4 is 19.3 Å². The monoisotopic (exact) mass is 470 g/mol. The topological polar surface area (TPSA) is 79.3 Å². The summed E-state index contributed by atoms with van der Waals surface area (Å²) < 4.78 is 11.1. The van der Waals surface area contributed by atoms with Crippen LogP contribution in [0.5, 0.6) is 11.5 Å². The van der Waals surface area contributed by atoms with Gasteiger partial charge < -0.3 is 19.5 Å². The van der Waals surface area contributed by atoms with E-state index in [4.69, 9.17) is 9.47 Å². The summed E-state index contributed by atoms with van der Waals surface area (Å²) in [6.07, 6.45) is 0. The van der Waals surface area contributed by atoms with Crippen molar-refractivity contribution in [2.45, 2.75) is 13.0 Å². The molecule has 0 aliphatic carbocycles. The van der Waals surface area contributed by atoms with Gasteiger partial charge in [0, 0.05) is 18.3 Å². The number of carbonyl (C=O) groups is 2. The maximum absolute atomic E-state index is 13.4. The first kappa shape index (κ1) is 22.5. The fourth-order valence-electron chi connectivity index (χ4n) is 4.66. The van der Waals surface area contributed by atoms with Gasteiger partial charge in [-0.15, -0.1) is 0 Å². The first-order valence-corrected chi connectivity index (χ1v) is 11.4. The first-order chi connectivity index (χ1) is 16.9. The van der Waals surface area contributed by atoms with Crippen molar-refractivity contribution >= 4 is 28.8 Å². The minimum atomic E-state index is -0.822. The number of Topliss-reactive ketones (excluding diaryl/α,β-unsaturated/α-hetero) is 1. The second-order valence-corrected chi connectivity index (χ2v) is 8.74. The molecular formula is C28H26N2O5. The van der Waals surface area contributed by atoms with E-state index >= 15 is 0 Å². The molecule has 2 aliphatic heterocycles. The first-order valence-electron chi connectivity index (χ1n) is 11.4. The van der Waals surface area contributed by atoms with Gasteiger partial charge in [0.2, 0.25) is 0 Å². The van der Waals surface area contributed by atoms with Crippen LogP contribution in [0.4, 0.5) is 11.4 Å². The second-order valence-electron chi connectivity index (χ2n) is 8.74. The van der Waals surface area contributed by atoms with Crippen LogP contribution in [-0.4, -0.2) is 44.1 Å². The average Bonchev–Trinajstić information content (AvgIpc) is 3.14. The molecule has 7 nitrogen and oxygen atoms in total. The molecular weight excluding hydrogens is 444 g/mol. The average molecular weight is 471 g/mol. The van der Waals surface area contributed by atoms with E-state index in [1.54, 1.807) is 49.6 Å². The number of aliphatic hydroxyl groups excluding tert-OH is 1. The number of aryl methyl sites for hydroxylation is 1. The predicted octanol–water partition coefficient (Wildman–Crippen LogP) is 4.46. The Labute approximate surface area is 203 Å². The molecule has 7 heteroatoms. The number of nitrogens with zero attached hydrogens (tertiary/aromatic N) is 2. The third-order valence-electron chi connectivity index (χ3n) is 6.46. The van der Waals surface area contributed by atoms with Crippen molar-refractivity contribution in [1.29, 1.82) is 0 Å². The van der Waals surface area contributed by atoms with E-state index in [0.29, 0.717) is 41.5 Å². The third-order valence-corrected chi connectivity index (χ3v) is 6.46. The number of ether oxygens (including phenoxy) is 2. The quantitative estimate of drug-likeness (QED) is 0.345. The van der Waals surface area contributed by atoms with Crippen LogP contribution in [0.15, 0.2) is 72.3 Å². The highest BCUT2D eigenvalue weighted by atomic mass is 16.5. The lowest BCUT2D eigenvalue weighted by Crippen LogP contribution is -2.29. The van der Waals surface area contributed by atoms with Gasteiger partial charge in [-0.1, -0.05) is 24.3 Å². The zero-order valence-corrected chi connectivity index (χ0v) is 19.8. The van der Waals surface area contributed by atoms with Crippen LogP contribution in [0, 0.1) is 6.92 Å². The zero-order chi connectivity index (χ0) is 24.7. The number of hydrogen-bond acceptors (Lipinski definition) is 6. The maximum atomic E-state index is 13.4. The number of amides is 1. The van der Waals surface area contributed by atoms with E-state index in [2.05, 4.69) is 0 Å². The van der Waals surface area contributed by atoms with Crippen molar-refractivity contribution in [2.75, 3.05) is 37.1 Å². The van der Waals surface area contributed by atoms with E-state index in [1.807, 2.05) is 43.1 Å². The molecule has 2 aliphatic rings. The molecule has 35 heavy (non-hydrogen) atoms. The van der Waals surface area contributed by atoms with Crippen LogP contribution in [0.2, 0.25) is 0 Å². The van der Waals surface area contributed by atoms with Crippen LogP contribution in [0.1, 0.15) is 22.7 Å². The van der Waals surface area contributed by atoms with Gasteiger partial charge >= 0.3 is 0 Å². The van der Waals surface area contributed by atoms with Crippen molar-refractivity contribution < 1.29 is 24.2 Å². The summed E-state index contributed by atoms with van der Waals surface area (Å²) in [7, 11) is 3.50. The Kier molecular flexibility index (Phi) is 5.68. The standard InChI is InChI=1S/C28H26N2O5/c1-17-6-4-8-20(14-17)30-25(18-7-5-9-21(15-18)34-3)24(27(32)28(30)33)26(31)19-10-11-23-22(16-19)29(2)12-13-35-23/h4-11,14-16,25,31H,12-13H2,1-3H3/b26-24-. The smallest absolute Gasteiger partial charge is 0.300 e. The normalized spacial score (nSPS) is 18.9. The summed E-state index contributed by atoms with van der Waals surface area (Å²) >= 11 is 0. The maximum Gasteiger partial charge on any atom is 0.300 e. The number of fused-ring (bicyclic) bond motifs is 1. The fourth-order valence-corrected chi connectivity index (χ4v) is 4.66. The van der Waals surface area contributed by atoms with E-state index < -0.39 is 17.7 Å². The summed E-state index contributed by atoms with van der Waals surface area (Å²) in [6.45, 7) is 3.21. The molecule has 5 rings (SSSR count). The number of ketones is 1. The molecule has 0 radical (unpaired) electrons. The van der Waals surface area contributed by atoms with Crippen LogP contribution >= 0.6 is 0 Å². The van der Waals surface area contributed by atoms with Gasteiger partial charge in [-0.25, -0.2) is 0 Å². The minimum Gasteiger partial charge on any atom is -0.507 e. The summed E-state index contributed by atoms with van der Waals surface area (Å²) in [4.78, 5) is 30.2. The van der Waals surface area contributed by atoms with Gasteiger partial charge in [0.15, 0.2) is 0 Å². The predicted molar refractivity (Wildman–Crippen MR) is 134 cm³/mol. The number of likely N-dealkylation sites (N-methyl/N-ethyl adjacent to an activating group) is 1. The van der Waals surface area contributed by atoms with Crippen LogP contribution in [-0.2, 0) is 9.59 Å². The molecule has 0 saturated carbocycles. The summed E-state index contributed by atoms with van der Waals surface area (Å²) in [5.74, 6) is -0.361. The van der Waals surface area contributed by atoms with Gasteiger partial charge in [0.05, 0.1) is 31.0 Å². The van der Waals surface area contributed by atoms with E-state index in [-0.39, 0.29) is 11.3 Å². The lowest BCUT2D eigenvalue weighted by atomic mass is 9.94. The number of methoxy groups -OCH3 is 1. The highest BCUT2D eigenvalue weighted by molar-refractivity contribution is 6.51. The number of rotatable bonds is 4. The molecule has 0 spiro atoms. The molecule has 3 aromatic rings. The van der Waals surface area contributed by atoms with E-state index in [0.717, 1.165) is 11.3 Å². The Morgan fingerprint density at radius 3 is 2.63 bits per heavy atom. The largest absolute Gasteiger partial charge is 0.507 e. The van der Waals surface area contributed by atoms with E-state index in [1.165, 1.54) is 4.90 Å². The lowest BCUT2D eigenvalue weighted by molar-refractivity contribution is -0.132. The molecule has 1 amide bonds. The number of aliphatic hydroxyl groups is 1. The molecule has 1 fully saturated rings. The Morgan fingerprint density at radius 1 is 1.06 bits per heavy atom. The fraction of sp³-hybridized carbons (Fsp3) is 0.214. The van der Waals surface area contributed by atoms with Crippen molar-refractivity contribution in [3.05, 3.63) is 89.0 Å². The molecule has 1 N–H and O–H groups in total. The molecule has 178 valence electrons. The minimum absolute atomic E-state index is 0.0316. The Hall–Kier alpha value is -4.26. The molecule has 0 aromatic heterocycles. The number of benzene rings is 3. The number of anilines is 2.